The lowest BCUT2D eigenvalue weighted by Crippen LogP contribution is -2.50. The van der Waals surface area contributed by atoms with Gasteiger partial charge in [0.05, 0.1) is 48.2 Å². The van der Waals surface area contributed by atoms with Gasteiger partial charge in [-0.15, -0.1) is 0 Å². The second kappa shape index (κ2) is 29.2. The second-order valence-electron chi connectivity index (χ2n) is 21.8. The first-order valence-electron chi connectivity index (χ1n) is 26.3. The number of carbonyl (C=O) groups is 4. The van der Waals surface area contributed by atoms with Crippen molar-refractivity contribution in [2.75, 3.05) is 47.5 Å². The van der Waals surface area contributed by atoms with Gasteiger partial charge in [0.25, 0.3) is 0 Å². The molecule has 2 aliphatic rings. The van der Waals surface area contributed by atoms with Crippen LogP contribution in [0.1, 0.15) is 126 Å². The molecule has 75 heavy (non-hydrogen) atoms. The number of rotatable bonds is 12. The van der Waals surface area contributed by atoms with Crippen LogP contribution in [0.5, 0.6) is 0 Å². The maximum atomic E-state index is 12.6. The minimum atomic E-state index is -0.550. The van der Waals surface area contributed by atoms with Crippen molar-refractivity contribution >= 4 is 24.3 Å². The van der Waals surface area contributed by atoms with E-state index in [-0.39, 0.29) is 35.7 Å². The Hall–Kier alpha value is -7.00. The number of aromatic nitrogens is 5. The van der Waals surface area contributed by atoms with Crippen LogP contribution in [0.25, 0.3) is 50.7 Å². The predicted molar refractivity (Wildman–Crippen MR) is 302 cm³/mol. The summed E-state index contributed by atoms with van der Waals surface area (Å²) in [6.07, 6.45) is 6.89. The van der Waals surface area contributed by atoms with Gasteiger partial charge in [-0.2, -0.15) is 10.2 Å². The van der Waals surface area contributed by atoms with Crippen molar-refractivity contribution < 1.29 is 28.7 Å². The van der Waals surface area contributed by atoms with E-state index in [1.807, 2.05) is 30.9 Å². The highest BCUT2D eigenvalue weighted by Gasteiger charge is 2.32. The van der Waals surface area contributed by atoms with E-state index in [1.165, 1.54) is 19.1 Å². The van der Waals surface area contributed by atoms with Gasteiger partial charge < -0.3 is 34.5 Å². The van der Waals surface area contributed by atoms with Crippen LogP contribution in [0, 0.1) is 11.3 Å². The van der Waals surface area contributed by atoms with Crippen LogP contribution in [0.3, 0.4) is 0 Å². The fourth-order valence-corrected chi connectivity index (χ4v) is 8.43. The number of nitrogens with zero attached hydrogens (tertiary/aromatic N) is 5. The van der Waals surface area contributed by atoms with E-state index < -0.39 is 12.1 Å². The van der Waals surface area contributed by atoms with Crippen LogP contribution >= 0.6 is 0 Å². The molecule has 5 heterocycles. The molecule has 4 amide bonds. The first-order chi connectivity index (χ1) is 35.7. The number of hydrogen-bond acceptors (Lipinski definition) is 8. The number of benzene rings is 3. The number of nitrogens with one attached hydrogen (secondary N) is 4. The van der Waals surface area contributed by atoms with Crippen molar-refractivity contribution in [3.05, 3.63) is 115 Å². The van der Waals surface area contributed by atoms with Gasteiger partial charge >= 0.3 is 6.09 Å². The minimum absolute atomic E-state index is 0.00194. The molecule has 406 valence electrons. The summed E-state index contributed by atoms with van der Waals surface area (Å²) >= 11 is 0. The molecular weight excluding hydrogens is 943 g/mol. The summed E-state index contributed by atoms with van der Waals surface area (Å²) in [6, 6.07) is 33.7. The lowest BCUT2D eigenvalue weighted by molar-refractivity contribution is -0.133. The second-order valence-corrected chi connectivity index (χ2v) is 21.8. The largest absolute Gasteiger partial charge is 0.453 e. The standard InChI is InChI=1S/C39H39N7O2.C11H20N2O3.C5H12.C3H8.C2H6O/c1-39(2,3)30-14-16-31(17-15-30)46-35(28-10-6-26(7-11-28)32-20-21-41-42-32)18-19-36(46)29-12-8-27(9-13-29)33-23-34(44-43-33)37-5-4-22-45(37)38(48)24-40-25-47;1-8(2)9(12-11(15)16-3)10(14)13-6-4-5-7-13;1-5(2,3)4;2*1-3-2/h6-21,23,25,37H,4-5,22,24H2,1-3H3,(H,40,47)(H,41,42)(H,43,44);8-9H,4-7H2,1-3H3,(H,12,15);1-4H3;3H2,1-2H3;1-2H3. The Bertz CT molecular complexity index is 2630. The zero-order chi connectivity index (χ0) is 55.3. The highest BCUT2D eigenvalue weighted by Crippen LogP contribution is 2.36. The molecule has 2 fully saturated rings. The molecule has 2 unspecified atom stereocenters. The van der Waals surface area contributed by atoms with Gasteiger partial charge in [-0.25, -0.2) is 4.79 Å². The van der Waals surface area contributed by atoms with Crippen molar-refractivity contribution in [1.29, 1.82) is 0 Å². The molecule has 0 saturated carbocycles. The Morgan fingerprint density at radius 3 is 1.76 bits per heavy atom. The molecule has 2 aliphatic heterocycles. The van der Waals surface area contributed by atoms with E-state index in [0.717, 1.165) is 95.2 Å². The third-order valence-corrected chi connectivity index (χ3v) is 12.0. The van der Waals surface area contributed by atoms with Crippen LogP contribution < -0.4 is 10.6 Å². The summed E-state index contributed by atoms with van der Waals surface area (Å²) in [4.78, 5) is 50.2. The fourth-order valence-electron chi connectivity index (χ4n) is 8.43. The molecular formula is C60H85N9O6. The van der Waals surface area contributed by atoms with Crippen LogP contribution in [0.2, 0.25) is 0 Å². The molecule has 15 heteroatoms. The Morgan fingerprint density at radius 2 is 1.28 bits per heavy atom. The van der Waals surface area contributed by atoms with Crippen LogP contribution in [0.15, 0.2) is 103 Å². The van der Waals surface area contributed by atoms with Gasteiger partial charge in [-0.3, -0.25) is 24.6 Å². The van der Waals surface area contributed by atoms with Gasteiger partial charge in [0, 0.05) is 51.3 Å². The first kappa shape index (κ1) is 60.6. The number of H-pyrrole nitrogens is 2. The van der Waals surface area contributed by atoms with Crippen molar-refractivity contribution in [2.45, 2.75) is 126 Å². The van der Waals surface area contributed by atoms with Gasteiger partial charge in [0.1, 0.15) is 6.04 Å². The Labute approximate surface area is 446 Å². The molecule has 3 aromatic heterocycles. The SMILES string of the molecule is CC(C)(C)C.CC(C)(C)c1ccc(-n2c(-c3ccc(-c4cc(C5CCCN5C(=O)CNC=O)[nH]n4)cc3)ccc2-c2ccc(-c3ccn[nH]3)cc2)cc1.CCC.COC.COC(=O)NC(C(=O)N1CCCC1)C(C)C. The third kappa shape index (κ3) is 18.1. The summed E-state index contributed by atoms with van der Waals surface area (Å²) in [7, 11) is 4.55. The lowest BCUT2D eigenvalue weighted by atomic mass is 9.87. The first-order valence-corrected chi connectivity index (χ1v) is 26.3. The summed E-state index contributed by atoms with van der Waals surface area (Å²) in [5.41, 5.74) is 12.1. The van der Waals surface area contributed by atoms with E-state index >= 15 is 0 Å². The molecule has 8 rings (SSSR count). The molecule has 0 spiro atoms. The molecule has 6 aromatic rings. The average Bonchev–Trinajstić information content (AvgIpc) is 4.25. The van der Waals surface area contributed by atoms with Crippen molar-refractivity contribution in [3.63, 3.8) is 0 Å². The topological polar surface area (TPSA) is 180 Å². The number of methoxy groups -OCH3 is 2. The highest BCUT2D eigenvalue weighted by molar-refractivity contribution is 5.86. The van der Waals surface area contributed by atoms with E-state index in [0.29, 0.717) is 18.4 Å². The predicted octanol–water partition coefficient (Wildman–Crippen LogP) is 12.0. The third-order valence-electron chi connectivity index (χ3n) is 12.0. The number of hydrogen-bond donors (Lipinski definition) is 4. The van der Waals surface area contributed by atoms with E-state index in [1.54, 1.807) is 25.3 Å². The normalized spacial score (nSPS) is 14.4. The zero-order valence-electron chi connectivity index (χ0n) is 47.2. The highest BCUT2D eigenvalue weighted by atomic mass is 16.5. The summed E-state index contributed by atoms with van der Waals surface area (Å²) in [6.45, 7) is 25.8. The van der Waals surface area contributed by atoms with E-state index in [2.05, 4.69) is 192 Å². The van der Waals surface area contributed by atoms with Gasteiger partial charge in [0.2, 0.25) is 18.2 Å². The molecule has 4 N–H and O–H groups in total. The summed E-state index contributed by atoms with van der Waals surface area (Å²) in [5.74, 6) is -0.0284. The van der Waals surface area contributed by atoms with E-state index in [9.17, 15) is 19.2 Å². The number of aromatic amines is 2. The lowest BCUT2D eigenvalue weighted by Gasteiger charge is -2.26. The zero-order valence-corrected chi connectivity index (χ0v) is 47.2. The molecule has 15 nitrogen and oxygen atoms in total. The van der Waals surface area contributed by atoms with Gasteiger partial charge in [-0.05, 0) is 101 Å². The number of likely N-dealkylation sites (tertiary alicyclic amines) is 2. The van der Waals surface area contributed by atoms with Crippen LogP contribution in [-0.4, -0.2) is 113 Å². The molecule has 3 aromatic carbocycles. The van der Waals surface area contributed by atoms with Crippen LogP contribution in [0.4, 0.5) is 4.79 Å². The molecule has 2 atom stereocenters. The maximum Gasteiger partial charge on any atom is 0.407 e. The Balaban J connectivity index is 0.000000372. The Morgan fingerprint density at radius 1 is 0.747 bits per heavy atom. The minimum Gasteiger partial charge on any atom is -0.453 e. The summed E-state index contributed by atoms with van der Waals surface area (Å²) < 4.78 is 11.1. The summed E-state index contributed by atoms with van der Waals surface area (Å²) in [5, 5.41) is 20.0. The monoisotopic (exact) mass is 1030 g/mol. The smallest absolute Gasteiger partial charge is 0.407 e. The van der Waals surface area contributed by atoms with E-state index in [4.69, 9.17) is 0 Å². The number of ether oxygens (including phenoxy) is 2. The fraction of sp³-hybridized carbons (Fsp3) is 0.467. The quantitative estimate of drug-likeness (QED) is 0.0874. The molecule has 0 aliphatic carbocycles. The number of alkyl carbamates (subject to hydrolysis) is 1. The maximum absolute atomic E-state index is 12.6. The number of carbonyl (C=O) groups excluding carboxylic acids is 4. The van der Waals surface area contributed by atoms with Crippen molar-refractivity contribution in [2.24, 2.45) is 11.3 Å². The number of amides is 4. The van der Waals surface area contributed by atoms with Crippen LogP contribution in [-0.2, 0) is 29.3 Å². The molecule has 2 saturated heterocycles. The molecule has 0 radical (unpaired) electrons. The van der Waals surface area contributed by atoms with Crippen molar-refractivity contribution in [1.82, 2.24) is 45.4 Å². The van der Waals surface area contributed by atoms with Gasteiger partial charge in [-0.1, -0.05) is 143 Å². The van der Waals surface area contributed by atoms with Crippen molar-refractivity contribution in [3.8, 4) is 50.7 Å². The Kier molecular flexibility index (Phi) is 23.6. The average molecular weight is 1030 g/mol. The van der Waals surface area contributed by atoms with Gasteiger partial charge in [0.15, 0.2) is 0 Å². The molecule has 0 bridgehead atoms.